The molecule has 1 saturated carbocycles. The molecule has 11 heteroatoms. The number of ketones is 1. The summed E-state index contributed by atoms with van der Waals surface area (Å²) in [5.74, 6) is -1.04. The largest absolute Gasteiger partial charge is 0.343 e. The first-order chi connectivity index (χ1) is 19.0. The molecule has 0 radical (unpaired) electrons. The van der Waals surface area contributed by atoms with E-state index in [9.17, 15) is 22.4 Å². The van der Waals surface area contributed by atoms with Gasteiger partial charge >= 0.3 is 0 Å². The van der Waals surface area contributed by atoms with Crippen molar-refractivity contribution in [2.75, 3.05) is 12.9 Å². The number of carbonyl (C=O) groups is 2. The number of nitrogens with zero attached hydrogens (tertiary/aromatic N) is 3. The van der Waals surface area contributed by atoms with Crippen LogP contribution in [-0.2, 0) is 26.2 Å². The van der Waals surface area contributed by atoms with Gasteiger partial charge in [-0.2, -0.15) is 0 Å². The third-order valence-electron chi connectivity index (χ3n) is 7.78. The Kier molecular flexibility index (Phi) is 9.12. The van der Waals surface area contributed by atoms with Gasteiger partial charge in [0.1, 0.15) is 10.7 Å². The zero-order valence-corrected chi connectivity index (χ0v) is 24.4. The average Bonchev–Trinajstić information content (AvgIpc) is 3.41. The van der Waals surface area contributed by atoms with Gasteiger partial charge in [-0.25, -0.2) is 16.8 Å². The molecule has 2 heterocycles. The molecule has 1 aromatic carbocycles. The lowest BCUT2D eigenvalue weighted by atomic mass is 9.73. The molecule has 214 valence electrons. The lowest BCUT2D eigenvalue weighted by molar-refractivity contribution is -0.138. The van der Waals surface area contributed by atoms with Crippen molar-refractivity contribution < 1.29 is 22.4 Å². The number of halogens is 2. The van der Waals surface area contributed by atoms with Crippen molar-refractivity contribution in [1.82, 2.24) is 19.2 Å². The molecule has 1 fully saturated rings. The summed E-state index contributed by atoms with van der Waals surface area (Å²) in [6.07, 6.45) is 6.06. The van der Waals surface area contributed by atoms with Crippen LogP contribution in [0, 0.1) is 11.7 Å². The van der Waals surface area contributed by atoms with E-state index in [0.29, 0.717) is 31.2 Å². The third kappa shape index (κ3) is 5.99. The number of rotatable bonds is 10. The van der Waals surface area contributed by atoms with Gasteiger partial charge in [0.05, 0.1) is 17.1 Å². The van der Waals surface area contributed by atoms with Gasteiger partial charge in [0.25, 0.3) is 10.0 Å². The molecule has 1 aliphatic rings. The first kappa shape index (κ1) is 29.9. The molecule has 3 aromatic rings. The number of hydrogen-bond acceptors (Lipinski definition) is 6. The molecule has 4 rings (SSSR count). The maximum atomic E-state index is 14.8. The quantitative estimate of drug-likeness (QED) is 0.347. The minimum atomic E-state index is -4.10. The molecule has 0 bridgehead atoms. The van der Waals surface area contributed by atoms with Crippen LogP contribution in [0.3, 0.4) is 0 Å². The van der Waals surface area contributed by atoms with Crippen molar-refractivity contribution in [3.8, 4) is 11.3 Å². The minimum absolute atomic E-state index is 0.0363. The summed E-state index contributed by atoms with van der Waals surface area (Å²) < 4.78 is 43.0. The third-order valence-corrected chi connectivity index (χ3v) is 9.68. The standard InChI is InChI=1S/C29H34ClFN4O4S/c1-20(2)34(3)28(37)22-10-12-29(13-11-22,27(36)16-30)33-17-21-15-26(24-8-4-5-9-25(24)31)35(19-21)40(38,39)23-7-6-14-32-18-23/h4-9,14-15,18-20,22,33H,10-13,16-17H2,1-3H3. The van der Waals surface area contributed by atoms with E-state index >= 15 is 0 Å². The summed E-state index contributed by atoms with van der Waals surface area (Å²) in [6.45, 7) is 4.06. The first-order valence-electron chi connectivity index (χ1n) is 13.2. The highest BCUT2D eigenvalue weighted by atomic mass is 35.5. The van der Waals surface area contributed by atoms with Crippen LogP contribution in [0.25, 0.3) is 11.3 Å². The number of aromatic nitrogens is 2. The monoisotopic (exact) mass is 588 g/mol. The predicted octanol–water partition coefficient (Wildman–Crippen LogP) is 4.62. The smallest absolute Gasteiger partial charge is 0.269 e. The molecule has 8 nitrogen and oxygen atoms in total. The van der Waals surface area contributed by atoms with Gasteiger partial charge in [-0.1, -0.05) is 12.1 Å². The van der Waals surface area contributed by atoms with E-state index in [4.69, 9.17) is 11.6 Å². The molecular weight excluding hydrogens is 555 g/mol. The number of Topliss-reactive ketones (excluding diaryl/α,β-unsaturated/α-hetero) is 1. The fourth-order valence-electron chi connectivity index (χ4n) is 5.12. The Hall–Kier alpha value is -3.08. The predicted molar refractivity (Wildman–Crippen MR) is 152 cm³/mol. The van der Waals surface area contributed by atoms with Gasteiger partial charge in [-0.3, -0.25) is 14.6 Å². The number of pyridine rings is 1. The van der Waals surface area contributed by atoms with Crippen molar-refractivity contribution in [3.05, 3.63) is 72.4 Å². The van der Waals surface area contributed by atoms with E-state index in [0.717, 1.165) is 3.97 Å². The Labute approximate surface area is 239 Å². The van der Waals surface area contributed by atoms with Crippen molar-refractivity contribution in [1.29, 1.82) is 0 Å². The summed E-state index contributed by atoms with van der Waals surface area (Å²) in [4.78, 5) is 31.6. The van der Waals surface area contributed by atoms with Crippen LogP contribution in [0.5, 0.6) is 0 Å². The number of nitrogens with one attached hydrogen (secondary N) is 1. The van der Waals surface area contributed by atoms with E-state index in [-0.39, 0.29) is 52.2 Å². The Bertz CT molecular complexity index is 1470. The SMILES string of the molecule is CC(C)N(C)C(=O)C1CCC(NCc2cc(-c3ccccc3F)n(S(=O)(=O)c3cccnc3)c2)(C(=O)CCl)CC1. The second-order valence-electron chi connectivity index (χ2n) is 10.5. The zero-order valence-electron chi connectivity index (χ0n) is 22.8. The van der Waals surface area contributed by atoms with Gasteiger partial charge in [-0.15, -0.1) is 11.6 Å². The molecule has 0 unspecified atom stereocenters. The minimum Gasteiger partial charge on any atom is -0.343 e. The molecular formula is C29H34ClFN4O4S. The van der Waals surface area contributed by atoms with Gasteiger partial charge < -0.3 is 10.2 Å². The molecule has 0 atom stereocenters. The van der Waals surface area contributed by atoms with Crippen molar-refractivity contribution in [3.63, 3.8) is 0 Å². The fraction of sp³-hybridized carbons (Fsp3) is 0.414. The topological polar surface area (TPSA) is 101 Å². The molecule has 0 saturated heterocycles. The van der Waals surface area contributed by atoms with E-state index in [1.54, 1.807) is 24.1 Å². The zero-order chi connectivity index (χ0) is 29.1. The van der Waals surface area contributed by atoms with Crippen molar-refractivity contribution in [2.24, 2.45) is 5.92 Å². The molecule has 1 aliphatic carbocycles. The lowest BCUT2D eigenvalue weighted by Crippen LogP contribution is -2.55. The van der Waals surface area contributed by atoms with Gasteiger partial charge in [0.2, 0.25) is 5.91 Å². The van der Waals surface area contributed by atoms with E-state index < -0.39 is 21.4 Å². The number of carbonyl (C=O) groups excluding carboxylic acids is 2. The second-order valence-corrected chi connectivity index (χ2v) is 12.6. The fourth-order valence-corrected chi connectivity index (χ4v) is 6.74. The highest BCUT2D eigenvalue weighted by Crippen LogP contribution is 2.35. The summed E-state index contributed by atoms with van der Waals surface area (Å²) in [6, 6.07) is 10.6. The van der Waals surface area contributed by atoms with E-state index in [1.165, 1.54) is 48.9 Å². The van der Waals surface area contributed by atoms with Crippen LogP contribution in [0.4, 0.5) is 4.39 Å². The summed E-state index contributed by atoms with van der Waals surface area (Å²) in [5.41, 5.74) is -0.119. The summed E-state index contributed by atoms with van der Waals surface area (Å²) in [5, 5.41) is 3.34. The highest BCUT2D eigenvalue weighted by Gasteiger charge is 2.43. The van der Waals surface area contributed by atoms with Crippen molar-refractivity contribution in [2.45, 2.75) is 62.6 Å². The van der Waals surface area contributed by atoms with Gasteiger partial charge in [0, 0.05) is 49.7 Å². The number of hydrogen-bond donors (Lipinski definition) is 1. The number of amides is 1. The first-order valence-corrected chi connectivity index (χ1v) is 15.2. The molecule has 1 N–H and O–H groups in total. The van der Waals surface area contributed by atoms with Crippen molar-refractivity contribution >= 4 is 33.3 Å². The number of alkyl halides is 1. The molecule has 1 amide bonds. The summed E-state index contributed by atoms with van der Waals surface area (Å²) in [7, 11) is -2.31. The normalized spacial score (nSPS) is 19.5. The molecule has 0 aliphatic heterocycles. The lowest BCUT2D eigenvalue weighted by Gasteiger charge is -2.40. The number of benzene rings is 1. The second kappa shape index (κ2) is 12.2. The van der Waals surface area contributed by atoms with Crippen LogP contribution >= 0.6 is 11.6 Å². The highest BCUT2D eigenvalue weighted by molar-refractivity contribution is 7.90. The van der Waals surface area contributed by atoms with Crippen LogP contribution < -0.4 is 5.32 Å². The van der Waals surface area contributed by atoms with Crippen LogP contribution in [-0.4, -0.2) is 58.5 Å². The molecule has 40 heavy (non-hydrogen) atoms. The maximum absolute atomic E-state index is 14.8. The Morgan fingerprint density at radius 1 is 1.20 bits per heavy atom. The van der Waals surface area contributed by atoms with Gasteiger partial charge in [0.15, 0.2) is 5.78 Å². The van der Waals surface area contributed by atoms with E-state index in [1.807, 2.05) is 13.8 Å². The average molecular weight is 589 g/mol. The summed E-state index contributed by atoms with van der Waals surface area (Å²) >= 11 is 6.01. The van der Waals surface area contributed by atoms with Gasteiger partial charge in [-0.05, 0) is 75.4 Å². The Balaban J connectivity index is 1.63. The Morgan fingerprint density at radius 2 is 1.90 bits per heavy atom. The van der Waals surface area contributed by atoms with Crippen LogP contribution in [0.2, 0.25) is 0 Å². The maximum Gasteiger partial charge on any atom is 0.269 e. The van der Waals surface area contributed by atoms with E-state index in [2.05, 4.69) is 10.3 Å². The molecule has 2 aromatic heterocycles. The molecule has 0 spiro atoms. The Morgan fingerprint density at radius 3 is 2.50 bits per heavy atom. The van der Waals surface area contributed by atoms with Crippen LogP contribution in [0.15, 0.2) is 66.0 Å². The van der Waals surface area contributed by atoms with Crippen LogP contribution in [0.1, 0.15) is 45.1 Å².